The van der Waals surface area contributed by atoms with Gasteiger partial charge in [0.25, 0.3) is 0 Å². The lowest BCUT2D eigenvalue weighted by Gasteiger charge is -2.16. The first-order valence-electron chi connectivity index (χ1n) is 8.65. The van der Waals surface area contributed by atoms with Crippen LogP contribution in [0.3, 0.4) is 0 Å². The summed E-state index contributed by atoms with van der Waals surface area (Å²) in [6, 6.07) is 8.34. The molecule has 0 bridgehead atoms. The van der Waals surface area contributed by atoms with E-state index in [0.717, 1.165) is 17.8 Å². The number of rotatable bonds is 5. The summed E-state index contributed by atoms with van der Waals surface area (Å²) in [5.41, 5.74) is 0.741. The number of anilines is 2. The van der Waals surface area contributed by atoms with Gasteiger partial charge in [-0.05, 0) is 42.8 Å². The average molecular weight is 400 g/mol. The maximum Gasteiger partial charge on any atom is 0.243 e. The summed E-state index contributed by atoms with van der Waals surface area (Å²) in [5, 5.41) is 2.93. The summed E-state index contributed by atoms with van der Waals surface area (Å²) in [6.07, 6.45) is 5.46. The van der Waals surface area contributed by atoms with Gasteiger partial charge in [-0.15, -0.1) is 0 Å². The zero-order chi connectivity index (χ0) is 19.6. The molecule has 4 rings (SSSR count). The van der Waals surface area contributed by atoms with Crippen molar-refractivity contribution in [2.75, 3.05) is 18.4 Å². The molecule has 8 nitrogen and oxygen atoms in total. The molecule has 1 N–H and O–H groups in total. The third-order valence-corrected chi connectivity index (χ3v) is 6.37. The van der Waals surface area contributed by atoms with Crippen LogP contribution in [0.5, 0.6) is 0 Å². The van der Waals surface area contributed by atoms with Crippen molar-refractivity contribution in [2.24, 2.45) is 0 Å². The Kier molecular flexibility index (Phi) is 4.97. The molecule has 1 aromatic carbocycles. The number of benzene rings is 1. The van der Waals surface area contributed by atoms with E-state index in [2.05, 4.69) is 25.3 Å². The fraction of sp³-hybridized carbons (Fsp3) is 0.222. The second-order valence-electron chi connectivity index (χ2n) is 6.31. The summed E-state index contributed by atoms with van der Waals surface area (Å²) in [7, 11) is -3.67. The van der Waals surface area contributed by atoms with Crippen LogP contribution in [0, 0.1) is 5.82 Å². The summed E-state index contributed by atoms with van der Waals surface area (Å²) >= 11 is 0. The van der Waals surface area contributed by atoms with Crippen LogP contribution in [0.2, 0.25) is 0 Å². The maximum absolute atomic E-state index is 13.1. The number of halogens is 1. The number of sulfonamides is 1. The lowest BCUT2D eigenvalue weighted by Crippen LogP contribution is -2.28. The van der Waals surface area contributed by atoms with Gasteiger partial charge in [-0.3, -0.25) is 5.32 Å². The molecule has 1 saturated heterocycles. The third-order valence-electron chi connectivity index (χ3n) is 4.49. The van der Waals surface area contributed by atoms with Crippen LogP contribution in [0.1, 0.15) is 18.0 Å². The van der Waals surface area contributed by atoms with Gasteiger partial charge in [0.1, 0.15) is 5.82 Å². The topological polar surface area (TPSA) is 101 Å². The predicted octanol–water partition coefficient (Wildman–Crippen LogP) is 2.33. The van der Waals surface area contributed by atoms with Crippen molar-refractivity contribution in [1.29, 1.82) is 0 Å². The van der Waals surface area contributed by atoms with Gasteiger partial charge < -0.3 is 0 Å². The van der Waals surface area contributed by atoms with Gasteiger partial charge in [0.15, 0.2) is 0 Å². The number of aromatic nitrogens is 4. The molecule has 3 heterocycles. The largest absolute Gasteiger partial charge is 0.293 e. The molecule has 144 valence electrons. The van der Waals surface area contributed by atoms with Crippen molar-refractivity contribution in [3.8, 4) is 0 Å². The highest BCUT2D eigenvalue weighted by Crippen LogP contribution is 2.30. The summed E-state index contributed by atoms with van der Waals surface area (Å²) in [4.78, 5) is 16.9. The van der Waals surface area contributed by atoms with Gasteiger partial charge in [-0.2, -0.15) is 4.31 Å². The van der Waals surface area contributed by atoms with Crippen LogP contribution in [-0.2, 0) is 10.0 Å². The van der Waals surface area contributed by atoms with Crippen LogP contribution in [-0.4, -0.2) is 45.7 Å². The van der Waals surface area contributed by atoms with Crippen molar-refractivity contribution < 1.29 is 12.8 Å². The number of nitrogens with one attached hydrogen (secondary N) is 1. The summed E-state index contributed by atoms with van der Waals surface area (Å²) in [5.74, 6) is 0.201. The quantitative estimate of drug-likeness (QED) is 0.701. The van der Waals surface area contributed by atoms with E-state index in [1.54, 1.807) is 30.7 Å². The highest BCUT2D eigenvalue weighted by atomic mass is 32.2. The van der Waals surface area contributed by atoms with Gasteiger partial charge in [0, 0.05) is 37.6 Å². The van der Waals surface area contributed by atoms with Gasteiger partial charge in [-0.25, -0.2) is 32.7 Å². The number of hydrogen-bond acceptors (Lipinski definition) is 7. The SMILES string of the molecule is O=S(=O)(c1ccc(F)cc1)N1CCC(c2ccnc(Nc3ncccn3)n2)C1. The molecule has 0 amide bonds. The monoisotopic (exact) mass is 400 g/mol. The minimum Gasteiger partial charge on any atom is -0.293 e. The lowest BCUT2D eigenvalue weighted by molar-refractivity contribution is 0.472. The molecule has 0 aliphatic carbocycles. The van der Waals surface area contributed by atoms with Gasteiger partial charge in [0.05, 0.1) is 10.6 Å². The van der Waals surface area contributed by atoms with Crippen LogP contribution in [0.25, 0.3) is 0 Å². The zero-order valence-corrected chi connectivity index (χ0v) is 15.6. The van der Waals surface area contributed by atoms with E-state index in [4.69, 9.17) is 0 Å². The van der Waals surface area contributed by atoms with E-state index in [-0.39, 0.29) is 10.8 Å². The van der Waals surface area contributed by atoms with Crippen molar-refractivity contribution in [2.45, 2.75) is 17.2 Å². The Bertz CT molecular complexity index is 1060. The molecule has 0 radical (unpaired) electrons. The second kappa shape index (κ2) is 7.56. The highest BCUT2D eigenvalue weighted by molar-refractivity contribution is 7.89. The smallest absolute Gasteiger partial charge is 0.243 e. The molecule has 0 saturated carbocycles. The van der Waals surface area contributed by atoms with E-state index in [1.807, 2.05) is 0 Å². The Morgan fingerprint density at radius 2 is 1.71 bits per heavy atom. The molecule has 10 heteroatoms. The normalized spacial score (nSPS) is 17.5. The van der Waals surface area contributed by atoms with E-state index >= 15 is 0 Å². The summed E-state index contributed by atoms with van der Waals surface area (Å²) < 4.78 is 40.0. The minimum absolute atomic E-state index is 0.0598. The molecule has 3 aromatic rings. The zero-order valence-electron chi connectivity index (χ0n) is 14.7. The molecule has 1 fully saturated rings. The van der Waals surface area contributed by atoms with Crippen LogP contribution >= 0.6 is 0 Å². The fourth-order valence-electron chi connectivity index (χ4n) is 3.07. The van der Waals surface area contributed by atoms with E-state index in [0.29, 0.717) is 31.4 Å². The van der Waals surface area contributed by atoms with Crippen LogP contribution in [0.15, 0.2) is 59.9 Å². The molecular formula is C18H17FN6O2S. The summed E-state index contributed by atoms with van der Waals surface area (Å²) in [6.45, 7) is 0.678. The maximum atomic E-state index is 13.1. The Hall–Kier alpha value is -2.98. The van der Waals surface area contributed by atoms with Crippen LogP contribution in [0.4, 0.5) is 16.3 Å². The van der Waals surface area contributed by atoms with E-state index in [9.17, 15) is 12.8 Å². The van der Waals surface area contributed by atoms with Gasteiger partial charge in [0.2, 0.25) is 21.9 Å². The third kappa shape index (κ3) is 3.82. The Morgan fingerprint density at radius 1 is 1.00 bits per heavy atom. The van der Waals surface area contributed by atoms with E-state index < -0.39 is 15.8 Å². The molecule has 1 atom stereocenters. The van der Waals surface area contributed by atoms with Gasteiger partial charge in [-0.1, -0.05) is 0 Å². The van der Waals surface area contributed by atoms with Crippen molar-refractivity contribution in [1.82, 2.24) is 24.2 Å². The Balaban J connectivity index is 1.50. The molecule has 1 unspecified atom stereocenters. The highest BCUT2D eigenvalue weighted by Gasteiger charge is 2.34. The van der Waals surface area contributed by atoms with Gasteiger partial charge >= 0.3 is 0 Å². The van der Waals surface area contributed by atoms with Crippen LogP contribution < -0.4 is 5.32 Å². The first kappa shape index (κ1) is 18.4. The molecule has 1 aliphatic heterocycles. The Labute approximate surface area is 161 Å². The molecule has 0 spiro atoms. The second-order valence-corrected chi connectivity index (χ2v) is 8.24. The molecule has 1 aliphatic rings. The Morgan fingerprint density at radius 3 is 2.46 bits per heavy atom. The minimum atomic E-state index is -3.67. The van der Waals surface area contributed by atoms with E-state index in [1.165, 1.54) is 16.4 Å². The predicted molar refractivity (Wildman–Crippen MR) is 99.9 cm³/mol. The lowest BCUT2D eigenvalue weighted by atomic mass is 10.1. The first-order chi connectivity index (χ1) is 13.5. The molecule has 28 heavy (non-hydrogen) atoms. The average Bonchev–Trinajstić information content (AvgIpc) is 3.21. The van der Waals surface area contributed by atoms with Crippen molar-refractivity contribution >= 4 is 21.9 Å². The number of hydrogen-bond donors (Lipinski definition) is 1. The first-order valence-corrected chi connectivity index (χ1v) is 10.1. The molecule has 2 aromatic heterocycles. The number of nitrogens with zero attached hydrogens (tertiary/aromatic N) is 5. The van der Waals surface area contributed by atoms with Crippen molar-refractivity contribution in [3.05, 3.63) is 66.5 Å². The van der Waals surface area contributed by atoms with Crippen molar-refractivity contribution in [3.63, 3.8) is 0 Å². The molecular weight excluding hydrogens is 383 g/mol. The fourth-order valence-corrected chi connectivity index (χ4v) is 4.57. The standard InChI is InChI=1S/C18H17FN6O2S/c19-14-2-4-15(5-3-14)28(26,27)25-11-7-13(12-25)16-6-10-22-18(23-16)24-17-20-8-1-9-21-17/h1-6,8-10,13H,7,11-12H2,(H,20,21,22,23,24).